The topological polar surface area (TPSA) is 96.3 Å². The second kappa shape index (κ2) is 6.21. The molecular formula is C17H16ClN3O5. The van der Waals surface area contributed by atoms with E-state index in [1.165, 1.54) is 20.1 Å². The van der Waals surface area contributed by atoms with Crippen molar-refractivity contribution in [2.75, 3.05) is 12.0 Å². The standard InChI is InChI=1S/C17H16ClN3O5/c1-9-4-5-11(6-12(9)18)20-14(23)8-17(16(20)25)7-13(15(24)26-3)19-21(17)10(2)22/h4-6H,7-8H2,1-3H3. The quantitative estimate of drug-likeness (QED) is 0.573. The van der Waals surface area contributed by atoms with Gasteiger partial charge >= 0.3 is 5.97 Å². The molecule has 2 aliphatic heterocycles. The Hall–Kier alpha value is -2.74. The van der Waals surface area contributed by atoms with Crippen molar-refractivity contribution in [3.8, 4) is 0 Å². The number of ether oxygens (including phenoxy) is 1. The van der Waals surface area contributed by atoms with Gasteiger partial charge in [-0.1, -0.05) is 17.7 Å². The van der Waals surface area contributed by atoms with Crippen LogP contribution in [0, 0.1) is 6.92 Å². The van der Waals surface area contributed by atoms with E-state index in [9.17, 15) is 19.2 Å². The maximum Gasteiger partial charge on any atom is 0.354 e. The number of carbonyl (C=O) groups is 4. The van der Waals surface area contributed by atoms with Crippen molar-refractivity contribution in [3.05, 3.63) is 28.8 Å². The van der Waals surface area contributed by atoms with Crippen molar-refractivity contribution in [1.82, 2.24) is 5.01 Å². The van der Waals surface area contributed by atoms with Gasteiger partial charge in [-0.2, -0.15) is 5.10 Å². The molecule has 0 N–H and O–H groups in total. The first-order chi connectivity index (χ1) is 12.2. The average molecular weight is 378 g/mol. The van der Waals surface area contributed by atoms with Crippen molar-refractivity contribution in [2.24, 2.45) is 5.10 Å². The molecule has 1 aromatic rings. The highest BCUT2D eigenvalue weighted by Gasteiger charge is 2.61. The molecule has 8 nitrogen and oxygen atoms in total. The van der Waals surface area contributed by atoms with Crippen molar-refractivity contribution >= 4 is 46.7 Å². The summed E-state index contributed by atoms with van der Waals surface area (Å²) < 4.78 is 4.63. The van der Waals surface area contributed by atoms with Gasteiger partial charge in [-0.05, 0) is 24.6 Å². The summed E-state index contributed by atoms with van der Waals surface area (Å²) in [6, 6.07) is 4.81. The number of aryl methyl sites for hydroxylation is 1. The van der Waals surface area contributed by atoms with E-state index in [4.69, 9.17) is 11.6 Å². The summed E-state index contributed by atoms with van der Waals surface area (Å²) in [6.07, 6.45) is -0.458. The molecule has 2 heterocycles. The molecule has 26 heavy (non-hydrogen) atoms. The molecule has 1 spiro atoms. The molecule has 1 atom stereocenters. The molecule has 1 aromatic carbocycles. The van der Waals surface area contributed by atoms with E-state index in [-0.39, 0.29) is 18.6 Å². The molecule has 136 valence electrons. The molecule has 2 aliphatic rings. The fourth-order valence-electron chi connectivity index (χ4n) is 3.22. The lowest BCUT2D eigenvalue weighted by atomic mass is 9.91. The summed E-state index contributed by atoms with van der Waals surface area (Å²) in [5, 5.41) is 5.26. The van der Waals surface area contributed by atoms with Crippen LogP contribution in [0.5, 0.6) is 0 Å². The third kappa shape index (κ3) is 2.57. The molecule has 9 heteroatoms. The van der Waals surface area contributed by atoms with Crippen molar-refractivity contribution in [3.63, 3.8) is 0 Å². The number of hydrazone groups is 1. The van der Waals surface area contributed by atoms with Crippen LogP contribution in [0.4, 0.5) is 5.69 Å². The maximum atomic E-state index is 13.2. The Labute approximate surface area is 154 Å². The van der Waals surface area contributed by atoms with Crippen LogP contribution in [0.2, 0.25) is 5.02 Å². The van der Waals surface area contributed by atoms with Crippen LogP contribution in [-0.4, -0.2) is 47.1 Å². The van der Waals surface area contributed by atoms with E-state index in [0.29, 0.717) is 10.7 Å². The summed E-state index contributed by atoms with van der Waals surface area (Å²) in [4.78, 5) is 50.6. The monoisotopic (exact) mass is 377 g/mol. The third-order valence-corrected chi connectivity index (χ3v) is 4.92. The minimum atomic E-state index is -1.55. The number of carbonyl (C=O) groups excluding carboxylic acids is 4. The highest BCUT2D eigenvalue weighted by Crippen LogP contribution is 2.41. The van der Waals surface area contributed by atoms with Gasteiger partial charge in [0.15, 0.2) is 5.54 Å². The molecule has 3 amide bonds. The van der Waals surface area contributed by atoms with Gasteiger partial charge in [-0.3, -0.25) is 14.4 Å². The number of hydrogen-bond acceptors (Lipinski definition) is 6. The van der Waals surface area contributed by atoms with Gasteiger partial charge in [-0.25, -0.2) is 14.7 Å². The Balaban J connectivity index is 2.03. The molecule has 0 saturated carbocycles. The van der Waals surface area contributed by atoms with E-state index in [1.807, 2.05) is 0 Å². The van der Waals surface area contributed by atoms with Crippen LogP contribution < -0.4 is 4.90 Å². The summed E-state index contributed by atoms with van der Waals surface area (Å²) in [7, 11) is 1.18. The van der Waals surface area contributed by atoms with Gasteiger partial charge in [0.05, 0.1) is 19.2 Å². The number of benzene rings is 1. The Kier molecular flexibility index (Phi) is 4.31. The molecule has 0 aliphatic carbocycles. The number of imide groups is 1. The Morgan fingerprint density at radius 1 is 1.27 bits per heavy atom. The van der Waals surface area contributed by atoms with Crippen LogP contribution in [0.1, 0.15) is 25.3 Å². The zero-order valence-corrected chi connectivity index (χ0v) is 15.2. The van der Waals surface area contributed by atoms with Crippen LogP contribution >= 0.6 is 11.6 Å². The largest absolute Gasteiger partial charge is 0.464 e. The highest BCUT2D eigenvalue weighted by molar-refractivity contribution is 6.39. The molecule has 0 bridgehead atoms. The summed E-state index contributed by atoms with van der Waals surface area (Å²) in [5.41, 5.74) is -0.522. The van der Waals surface area contributed by atoms with Gasteiger partial charge in [0.1, 0.15) is 5.71 Å². The first kappa shape index (κ1) is 18.1. The minimum Gasteiger partial charge on any atom is -0.464 e. The second-order valence-electron chi connectivity index (χ2n) is 6.22. The van der Waals surface area contributed by atoms with Crippen molar-refractivity contribution in [1.29, 1.82) is 0 Å². The highest BCUT2D eigenvalue weighted by atomic mass is 35.5. The van der Waals surface area contributed by atoms with Gasteiger partial charge in [0.25, 0.3) is 5.91 Å². The van der Waals surface area contributed by atoms with E-state index in [0.717, 1.165) is 15.5 Å². The predicted octanol–water partition coefficient (Wildman–Crippen LogP) is 1.43. The number of anilines is 1. The summed E-state index contributed by atoms with van der Waals surface area (Å²) >= 11 is 6.10. The SMILES string of the molecule is COC(=O)C1=NN(C(C)=O)C2(CC(=O)N(c3ccc(C)c(Cl)c3)C2=O)C1. The molecule has 3 rings (SSSR count). The number of rotatable bonds is 2. The van der Waals surface area contributed by atoms with Crippen LogP contribution in [-0.2, 0) is 23.9 Å². The molecule has 1 unspecified atom stereocenters. The smallest absolute Gasteiger partial charge is 0.354 e. The van der Waals surface area contributed by atoms with Crippen LogP contribution in [0.25, 0.3) is 0 Å². The lowest BCUT2D eigenvalue weighted by Crippen LogP contribution is -2.51. The van der Waals surface area contributed by atoms with Gasteiger partial charge in [0, 0.05) is 18.4 Å². The van der Waals surface area contributed by atoms with E-state index in [1.54, 1.807) is 19.1 Å². The number of esters is 1. The Morgan fingerprint density at radius 2 is 1.96 bits per heavy atom. The number of methoxy groups -OCH3 is 1. The van der Waals surface area contributed by atoms with E-state index < -0.39 is 29.2 Å². The molecular weight excluding hydrogens is 362 g/mol. The minimum absolute atomic E-state index is 0.0763. The van der Waals surface area contributed by atoms with Crippen molar-refractivity contribution in [2.45, 2.75) is 32.2 Å². The van der Waals surface area contributed by atoms with Crippen LogP contribution in [0.3, 0.4) is 0 Å². The predicted molar refractivity (Wildman–Crippen MR) is 92.6 cm³/mol. The van der Waals surface area contributed by atoms with E-state index >= 15 is 0 Å². The first-order valence-corrected chi connectivity index (χ1v) is 8.19. The fourth-order valence-corrected chi connectivity index (χ4v) is 3.39. The fraction of sp³-hybridized carbons (Fsp3) is 0.353. The number of hydrogen-bond donors (Lipinski definition) is 0. The number of nitrogens with zero attached hydrogens (tertiary/aromatic N) is 3. The lowest BCUT2D eigenvalue weighted by Gasteiger charge is -2.29. The molecule has 0 aromatic heterocycles. The average Bonchev–Trinajstić information content (AvgIpc) is 3.08. The second-order valence-corrected chi connectivity index (χ2v) is 6.63. The van der Waals surface area contributed by atoms with Crippen LogP contribution in [0.15, 0.2) is 23.3 Å². The zero-order valence-electron chi connectivity index (χ0n) is 14.4. The molecule has 0 radical (unpaired) electrons. The van der Waals surface area contributed by atoms with Crippen molar-refractivity contribution < 1.29 is 23.9 Å². The van der Waals surface area contributed by atoms with Gasteiger partial charge < -0.3 is 4.74 Å². The maximum absolute atomic E-state index is 13.2. The first-order valence-electron chi connectivity index (χ1n) is 7.81. The molecule has 1 fully saturated rings. The number of amides is 3. The number of halogens is 1. The summed E-state index contributed by atoms with van der Waals surface area (Å²) in [6.45, 7) is 3.01. The Morgan fingerprint density at radius 3 is 2.54 bits per heavy atom. The van der Waals surface area contributed by atoms with Gasteiger partial charge in [0.2, 0.25) is 11.8 Å². The van der Waals surface area contributed by atoms with Gasteiger partial charge in [-0.15, -0.1) is 0 Å². The third-order valence-electron chi connectivity index (χ3n) is 4.51. The normalized spacial score (nSPS) is 22.2. The lowest BCUT2D eigenvalue weighted by molar-refractivity contribution is -0.141. The summed E-state index contributed by atoms with van der Waals surface area (Å²) in [5.74, 6) is -2.41. The van der Waals surface area contributed by atoms with E-state index in [2.05, 4.69) is 9.84 Å². The zero-order chi connectivity index (χ0) is 19.2. The molecule has 1 saturated heterocycles. The Bertz CT molecular complexity index is 881.